The van der Waals surface area contributed by atoms with Crippen molar-refractivity contribution in [3.05, 3.63) is 66.2 Å². The van der Waals surface area contributed by atoms with Gasteiger partial charge in [0.2, 0.25) is 0 Å². The lowest BCUT2D eigenvalue weighted by atomic mass is 10.2. The summed E-state index contributed by atoms with van der Waals surface area (Å²) in [4.78, 5) is 0. The third-order valence-corrected chi connectivity index (χ3v) is 3.21. The van der Waals surface area contributed by atoms with Crippen molar-refractivity contribution in [2.24, 2.45) is 0 Å². The van der Waals surface area contributed by atoms with Crippen LogP contribution in [-0.2, 0) is 5.88 Å². The molecule has 0 amide bonds. The summed E-state index contributed by atoms with van der Waals surface area (Å²) < 4.78 is 14.9. The van der Waals surface area contributed by atoms with E-state index in [2.05, 4.69) is 10.2 Å². The Kier molecular flexibility index (Phi) is 3.48. The molecule has 3 rings (SSSR count). The summed E-state index contributed by atoms with van der Waals surface area (Å²) in [7, 11) is 0. The Morgan fingerprint density at radius 3 is 2.30 bits per heavy atom. The molecule has 1 aromatic heterocycles. The Morgan fingerprint density at radius 1 is 0.950 bits per heavy atom. The zero-order valence-corrected chi connectivity index (χ0v) is 11.3. The molecule has 0 N–H and O–H groups in total. The van der Waals surface area contributed by atoms with E-state index in [0.29, 0.717) is 11.6 Å². The lowest BCUT2D eigenvalue weighted by Gasteiger charge is -2.09. The lowest BCUT2D eigenvalue weighted by molar-refractivity contribution is 0.627. The van der Waals surface area contributed by atoms with Crippen molar-refractivity contribution < 1.29 is 4.39 Å². The fourth-order valence-corrected chi connectivity index (χ4v) is 2.21. The molecule has 0 unspecified atom stereocenters. The Labute approximate surface area is 120 Å². The standard InChI is InChI=1S/C15H11ClFN3/c16-10-14-18-19-15(11-4-2-1-3-5-11)20(14)13-8-6-12(17)7-9-13/h1-9H,10H2. The molecule has 3 aromatic rings. The fourth-order valence-electron chi connectivity index (χ4n) is 2.04. The first-order valence-electron chi connectivity index (χ1n) is 6.11. The molecular weight excluding hydrogens is 277 g/mol. The molecule has 0 fully saturated rings. The van der Waals surface area contributed by atoms with Gasteiger partial charge in [-0.2, -0.15) is 0 Å². The number of halogens is 2. The summed E-state index contributed by atoms with van der Waals surface area (Å²) in [5.74, 6) is 1.26. The van der Waals surface area contributed by atoms with Gasteiger partial charge in [-0.15, -0.1) is 21.8 Å². The quantitative estimate of drug-likeness (QED) is 0.686. The Morgan fingerprint density at radius 2 is 1.65 bits per heavy atom. The molecule has 0 aliphatic rings. The highest BCUT2D eigenvalue weighted by atomic mass is 35.5. The normalized spacial score (nSPS) is 10.7. The number of alkyl halides is 1. The SMILES string of the molecule is Fc1ccc(-n2c(CCl)nnc2-c2ccccc2)cc1. The minimum absolute atomic E-state index is 0.233. The van der Waals surface area contributed by atoms with Crippen molar-refractivity contribution in [3.63, 3.8) is 0 Å². The molecule has 0 atom stereocenters. The smallest absolute Gasteiger partial charge is 0.168 e. The van der Waals surface area contributed by atoms with E-state index in [1.807, 2.05) is 34.9 Å². The van der Waals surface area contributed by atoms with Crippen molar-refractivity contribution in [1.82, 2.24) is 14.8 Å². The van der Waals surface area contributed by atoms with Gasteiger partial charge in [0.05, 0.1) is 5.88 Å². The van der Waals surface area contributed by atoms with Crippen LogP contribution in [0.3, 0.4) is 0 Å². The Hall–Kier alpha value is -2.20. The molecule has 1 heterocycles. The van der Waals surface area contributed by atoms with Crippen molar-refractivity contribution in [1.29, 1.82) is 0 Å². The van der Waals surface area contributed by atoms with E-state index in [1.165, 1.54) is 12.1 Å². The minimum Gasteiger partial charge on any atom is -0.278 e. The molecule has 0 spiro atoms. The summed E-state index contributed by atoms with van der Waals surface area (Å²) in [6, 6.07) is 15.9. The molecule has 0 aliphatic heterocycles. The van der Waals surface area contributed by atoms with E-state index in [0.717, 1.165) is 11.3 Å². The first-order chi connectivity index (χ1) is 9.79. The van der Waals surface area contributed by atoms with Crippen LogP contribution < -0.4 is 0 Å². The monoisotopic (exact) mass is 287 g/mol. The third-order valence-electron chi connectivity index (χ3n) is 2.97. The first-order valence-corrected chi connectivity index (χ1v) is 6.64. The second-order valence-corrected chi connectivity index (χ2v) is 4.52. The number of nitrogens with zero attached hydrogens (tertiary/aromatic N) is 3. The number of hydrogen-bond acceptors (Lipinski definition) is 2. The lowest BCUT2D eigenvalue weighted by Crippen LogP contribution is -2.01. The average molecular weight is 288 g/mol. The van der Waals surface area contributed by atoms with Crippen LogP contribution in [0.1, 0.15) is 5.82 Å². The van der Waals surface area contributed by atoms with Gasteiger partial charge >= 0.3 is 0 Å². The summed E-state index contributed by atoms with van der Waals surface area (Å²) in [6.07, 6.45) is 0. The van der Waals surface area contributed by atoms with Gasteiger partial charge in [-0.25, -0.2) is 4.39 Å². The van der Waals surface area contributed by atoms with Crippen molar-refractivity contribution in [3.8, 4) is 17.1 Å². The van der Waals surface area contributed by atoms with E-state index in [9.17, 15) is 4.39 Å². The molecule has 3 nitrogen and oxygen atoms in total. The van der Waals surface area contributed by atoms with Crippen molar-refractivity contribution >= 4 is 11.6 Å². The van der Waals surface area contributed by atoms with Gasteiger partial charge in [-0.3, -0.25) is 4.57 Å². The molecule has 0 aliphatic carbocycles. The average Bonchev–Trinajstić information content (AvgIpc) is 2.93. The zero-order valence-electron chi connectivity index (χ0n) is 10.5. The summed E-state index contributed by atoms with van der Waals surface area (Å²) in [5, 5.41) is 8.29. The molecule has 100 valence electrons. The number of rotatable bonds is 3. The van der Waals surface area contributed by atoms with Crippen LogP contribution in [0.25, 0.3) is 17.1 Å². The maximum absolute atomic E-state index is 13.1. The van der Waals surface area contributed by atoms with Gasteiger partial charge in [0.1, 0.15) is 5.82 Å². The molecule has 5 heteroatoms. The minimum atomic E-state index is -0.282. The zero-order chi connectivity index (χ0) is 13.9. The van der Waals surface area contributed by atoms with Gasteiger partial charge in [-0.1, -0.05) is 30.3 Å². The molecule has 0 saturated carbocycles. The number of aromatic nitrogens is 3. The van der Waals surface area contributed by atoms with Gasteiger partial charge in [0.25, 0.3) is 0 Å². The highest BCUT2D eigenvalue weighted by Gasteiger charge is 2.14. The maximum atomic E-state index is 13.1. The predicted molar refractivity (Wildman–Crippen MR) is 76.3 cm³/mol. The van der Waals surface area contributed by atoms with E-state index in [-0.39, 0.29) is 11.7 Å². The molecule has 0 radical (unpaired) electrons. The largest absolute Gasteiger partial charge is 0.278 e. The van der Waals surface area contributed by atoms with E-state index >= 15 is 0 Å². The van der Waals surface area contributed by atoms with Crippen LogP contribution in [0, 0.1) is 5.82 Å². The first kappa shape index (κ1) is 12.8. The molecular formula is C15H11ClFN3. The van der Waals surface area contributed by atoms with Crippen LogP contribution >= 0.6 is 11.6 Å². The van der Waals surface area contributed by atoms with Crippen LogP contribution in [0.4, 0.5) is 4.39 Å². The second kappa shape index (κ2) is 5.43. The number of benzene rings is 2. The van der Waals surface area contributed by atoms with Gasteiger partial charge in [0, 0.05) is 11.3 Å². The summed E-state index contributed by atoms with van der Waals surface area (Å²) in [5.41, 5.74) is 1.71. The van der Waals surface area contributed by atoms with Crippen molar-refractivity contribution in [2.75, 3.05) is 0 Å². The number of hydrogen-bond donors (Lipinski definition) is 0. The van der Waals surface area contributed by atoms with Crippen LogP contribution in [0.15, 0.2) is 54.6 Å². The van der Waals surface area contributed by atoms with Gasteiger partial charge in [0.15, 0.2) is 11.6 Å². The highest BCUT2D eigenvalue weighted by molar-refractivity contribution is 6.16. The van der Waals surface area contributed by atoms with Crippen LogP contribution in [0.5, 0.6) is 0 Å². The fraction of sp³-hybridized carbons (Fsp3) is 0.0667. The van der Waals surface area contributed by atoms with E-state index in [1.54, 1.807) is 12.1 Å². The highest BCUT2D eigenvalue weighted by Crippen LogP contribution is 2.23. The van der Waals surface area contributed by atoms with Crippen LogP contribution in [0.2, 0.25) is 0 Å². The third kappa shape index (κ3) is 2.30. The van der Waals surface area contributed by atoms with Gasteiger partial charge in [-0.05, 0) is 24.3 Å². The van der Waals surface area contributed by atoms with Crippen LogP contribution in [-0.4, -0.2) is 14.8 Å². The molecule has 2 aromatic carbocycles. The maximum Gasteiger partial charge on any atom is 0.168 e. The predicted octanol–water partition coefficient (Wildman–Crippen LogP) is 3.81. The topological polar surface area (TPSA) is 30.7 Å². The summed E-state index contributed by atoms with van der Waals surface area (Å²) >= 11 is 5.92. The Bertz CT molecular complexity index is 708. The van der Waals surface area contributed by atoms with Crippen molar-refractivity contribution in [2.45, 2.75) is 5.88 Å². The Balaban J connectivity index is 2.18. The van der Waals surface area contributed by atoms with E-state index < -0.39 is 0 Å². The summed E-state index contributed by atoms with van der Waals surface area (Å²) in [6.45, 7) is 0. The molecule has 20 heavy (non-hydrogen) atoms. The van der Waals surface area contributed by atoms with E-state index in [4.69, 9.17) is 11.6 Å². The molecule has 0 saturated heterocycles. The van der Waals surface area contributed by atoms with Gasteiger partial charge < -0.3 is 0 Å². The molecule has 0 bridgehead atoms. The second-order valence-electron chi connectivity index (χ2n) is 4.25.